The minimum absolute atomic E-state index is 0.197. The van der Waals surface area contributed by atoms with E-state index in [1.54, 1.807) is 39.0 Å². The van der Waals surface area contributed by atoms with Crippen molar-refractivity contribution in [3.63, 3.8) is 0 Å². The van der Waals surface area contributed by atoms with Gasteiger partial charge in [0, 0.05) is 11.1 Å². The first-order valence-electron chi connectivity index (χ1n) is 9.63. The molecule has 0 unspecified atom stereocenters. The molecule has 1 heterocycles. The summed E-state index contributed by atoms with van der Waals surface area (Å²) in [6.07, 6.45) is 0. The minimum Gasteiger partial charge on any atom is -0.389 e. The van der Waals surface area contributed by atoms with Crippen LogP contribution in [0.25, 0.3) is 33.3 Å². The van der Waals surface area contributed by atoms with E-state index in [2.05, 4.69) is 16.4 Å². The third-order valence-electron chi connectivity index (χ3n) is 5.02. The van der Waals surface area contributed by atoms with Crippen LogP contribution in [0, 0.1) is 24.1 Å². The number of halogens is 1. The molecule has 0 spiro atoms. The lowest BCUT2D eigenvalue weighted by atomic mass is 9.91. The fourth-order valence-corrected chi connectivity index (χ4v) is 3.69. The Morgan fingerprint density at radius 3 is 2.47 bits per heavy atom. The Kier molecular flexibility index (Phi) is 4.84. The van der Waals surface area contributed by atoms with E-state index in [1.807, 2.05) is 36.4 Å². The van der Waals surface area contributed by atoms with E-state index in [1.165, 1.54) is 4.68 Å². The molecule has 1 aromatic heterocycles. The van der Waals surface area contributed by atoms with Crippen molar-refractivity contribution in [1.29, 1.82) is 5.26 Å². The predicted octanol–water partition coefficient (Wildman–Crippen LogP) is 4.86. The van der Waals surface area contributed by atoms with Gasteiger partial charge >= 0.3 is 0 Å². The predicted molar refractivity (Wildman–Crippen MR) is 114 cm³/mol. The Balaban J connectivity index is 1.97. The molecule has 6 heteroatoms. The van der Waals surface area contributed by atoms with Crippen LogP contribution in [0.3, 0.4) is 0 Å². The van der Waals surface area contributed by atoms with Crippen LogP contribution in [-0.2, 0) is 6.54 Å². The van der Waals surface area contributed by atoms with E-state index in [0.717, 1.165) is 11.1 Å². The fraction of sp³-hybridized carbons (Fsp3) is 0.208. The lowest BCUT2D eigenvalue weighted by Gasteiger charge is -2.18. The molecule has 0 aliphatic carbocycles. The van der Waals surface area contributed by atoms with E-state index in [9.17, 15) is 10.4 Å². The number of benzene rings is 3. The lowest BCUT2D eigenvalue weighted by molar-refractivity contribution is 0.0584. The molecule has 0 saturated carbocycles. The van der Waals surface area contributed by atoms with E-state index in [4.69, 9.17) is 0 Å². The molecule has 30 heavy (non-hydrogen) atoms. The van der Waals surface area contributed by atoms with Crippen LogP contribution < -0.4 is 0 Å². The standard InChI is InChI=1S/C24H21FN4O/c1-15-22(25)20(12-21-23(15)29(28-27-21)14-24(2,3)30)19-11-16(13-26)9-10-18(19)17-7-5-4-6-8-17/h4-12,30H,14H2,1-3H3. The summed E-state index contributed by atoms with van der Waals surface area (Å²) in [6, 6.07) is 18.7. The Morgan fingerprint density at radius 2 is 1.80 bits per heavy atom. The summed E-state index contributed by atoms with van der Waals surface area (Å²) in [4.78, 5) is 0. The van der Waals surface area contributed by atoms with Gasteiger partial charge in [-0.15, -0.1) is 5.10 Å². The molecule has 1 N–H and O–H groups in total. The first-order chi connectivity index (χ1) is 14.3. The number of aromatic nitrogens is 3. The molecule has 0 atom stereocenters. The highest BCUT2D eigenvalue weighted by Gasteiger charge is 2.22. The van der Waals surface area contributed by atoms with Crippen molar-refractivity contribution in [2.75, 3.05) is 0 Å². The molecule has 0 saturated heterocycles. The van der Waals surface area contributed by atoms with Gasteiger partial charge in [0.1, 0.15) is 11.3 Å². The van der Waals surface area contributed by atoms with E-state index in [0.29, 0.717) is 33.3 Å². The van der Waals surface area contributed by atoms with Gasteiger partial charge in [0.15, 0.2) is 0 Å². The molecule has 5 nitrogen and oxygen atoms in total. The van der Waals surface area contributed by atoms with Crippen molar-refractivity contribution in [3.8, 4) is 28.3 Å². The summed E-state index contributed by atoms with van der Waals surface area (Å²) >= 11 is 0. The topological polar surface area (TPSA) is 74.7 Å². The van der Waals surface area contributed by atoms with Crippen LogP contribution in [0.15, 0.2) is 54.6 Å². The van der Waals surface area contributed by atoms with Crippen LogP contribution in [0.4, 0.5) is 4.39 Å². The SMILES string of the molecule is Cc1c(F)c(-c2cc(C#N)ccc2-c2ccccc2)cc2nnn(CC(C)(C)O)c12. The van der Waals surface area contributed by atoms with E-state index in [-0.39, 0.29) is 6.54 Å². The minimum atomic E-state index is -1.01. The van der Waals surface area contributed by atoms with Crippen molar-refractivity contribution in [1.82, 2.24) is 15.0 Å². The highest BCUT2D eigenvalue weighted by molar-refractivity contribution is 5.91. The monoisotopic (exact) mass is 400 g/mol. The average molecular weight is 400 g/mol. The number of nitrogens with zero attached hydrogens (tertiary/aromatic N) is 4. The van der Waals surface area contributed by atoms with E-state index >= 15 is 4.39 Å². The third-order valence-corrected chi connectivity index (χ3v) is 5.02. The zero-order valence-corrected chi connectivity index (χ0v) is 17.0. The maximum Gasteiger partial charge on any atom is 0.136 e. The number of hydrogen-bond donors (Lipinski definition) is 1. The molecule has 4 rings (SSSR count). The summed E-state index contributed by atoms with van der Waals surface area (Å²) in [5.41, 5.74) is 3.68. The summed E-state index contributed by atoms with van der Waals surface area (Å²) < 4.78 is 17.2. The van der Waals surface area contributed by atoms with Crippen LogP contribution in [0.1, 0.15) is 25.0 Å². The molecule has 0 amide bonds. The quantitative estimate of drug-likeness (QED) is 0.531. The second-order valence-corrected chi connectivity index (χ2v) is 8.03. The molecule has 0 aliphatic heterocycles. The highest BCUT2D eigenvalue weighted by atomic mass is 19.1. The second kappa shape index (κ2) is 7.36. The van der Waals surface area contributed by atoms with Crippen LogP contribution in [-0.4, -0.2) is 25.7 Å². The van der Waals surface area contributed by atoms with Crippen LogP contribution in [0.5, 0.6) is 0 Å². The zero-order chi connectivity index (χ0) is 21.5. The second-order valence-electron chi connectivity index (χ2n) is 8.03. The van der Waals surface area contributed by atoms with Gasteiger partial charge in [-0.2, -0.15) is 5.26 Å². The molecule has 0 bridgehead atoms. The lowest BCUT2D eigenvalue weighted by Crippen LogP contribution is -2.26. The van der Waals surface area contributed by atoms with Crippen molar-refractivity contribution in [2.45, 2.75) is 32.9 Å². The maximum absolute atomic E-state index is 15.6. The molecule has 0 radical (unpaired) electrons. The molecule has 0 aliphatic rings. The molecule has 150 valence electrons. The summed E-state index contributed by atoms with van der Waals surface area (Å²) in [5, 5.41) is 27.9. The summed E-state index contributed by atoms with van der Waals surface area (Å²) in [5.74, 6) is -0.394. The van der Waals surface area contributed by atoms with Gasteiger partial charge in [0.05, 0.1) is 29.3 Å². The molecule has 4 aromatic rings. The number of aryl methyl sites for hydroxylation is 1. The maximum atomic E-state index is 15.6. The van der Waals surface area contributed by atoms with Crippen LogP contribution in [0.2, 0.25) is 0 Å². The molecular weight excluding hydrogens is 379 g/mol. The zero-order valence-electron chi connectivity index (χ0n) is 17.0. The van der Waals surface area contributed by atoms with Crippen molar-refractivity contribution in [3.05, 3.63) is 71.5 Å². The average Bonchev–Trinajstić information content (AvgIpc) is 3.11. The van der Waals surface area contributed by atoms with Gasteiger partial charge in [-0.1, -0.05) is 41.6 Å². The largest absolute Gasteiger partial charge is 0.389 e. The van der Waals surface area contributed by atoms with Gasteiger partial charge in [0.2, 0.25) is 0 Å². The number of aliphatic hydroxyl groups is 1. The highest BCUT2D eigenvalue weighted by Crippen LogP contribution is 2.37. The first kappa shape index (κ1) is 19.7. The first-order valence-corrected chi connectivity index (χ1v) is 9.63. The van der Waals surface area contributed by atoms with Gasteiger partial charge in [0.25, 0.3) is 0 Å². The third kappa shape index (κ3) is 3.56. The van der Waals surface area contributed by atoms with Crippen LogP contribution >= 0.6 is 0 Å². The van der Waals surface area contributed by atoms with Crippen molar-refractivity contribution < 1.29 is 9.50 Å². The Morgan fingerprint density at radius 1 is 1.07 bits per heavy atom. The van der Waals surface area contributed by atoms with E-state index < -0.39 is 11.4 Å². The number of hydrogen-bond acceptors (Lipinski definition) is 4. The number of fused-ring (bicyclic) bond motifs is 1. The van der Waals surface area contributed by atoms with Gasteiger partial charge in [-0.25, -0.2) is 9.07 Å². The molecule has 3 aromatic carbocycles. The molecular formula is C24H21FN4O. The Hall–Kier alpha value is -3.56. The Labute approximate surface area is 174 Å². The van der Waals surface area contributed by atoms with Gasteiger partial charge in [-0.05, 0) is 55.7 Å². The number of rotatable bonds is 4. The normalized spacial score (nSPS) is 11.6. The summed E-state index contributed by atoms with van der Waals surface area (Å²) in [6.45, 7) is 5.21. The van der Waals surface area contributed by atoms with Gasteiger partial charge < -0.3 is 5.11 Å². The van der Waals surface area contributed by atoms with Gasteiger partial charge in [-0.3, -0.25) is 0 Å². The van der Waals surface area contributed by atoms with Crippen molar-refractivity contribution in [2.24, 2.45) is 0 Å². The fourth-order valence-electron chi connectivity index (χ4n) is 3.69. The van der Waals surface area contributed by atoms with Crippen molar-refractivity contribution >= 4 is 11.0 Å². The smallest absolute Gasteiger partial charge is 0.136 e. The summed E-state index contributed by atoms with van der Waals surface area (Å²) in [7, 11) is 0. The Bertz CT molecular complexity index is 1280. The molecule has 0 fully saturated rings. The number of nitriles is 1.